The SMILES string of the molecule is O=c1ccc(Br)cn1CCCCNS(=O)(=O)c1ccc(F)cc1. The summed E-state index contributed by atoms with van der Waals surface area (Å²) < 4.78 is 41.6. The Morgan fingerprint density at radius 2 is 1.78 bits per heavy atom. The summed E-state index contributed by atoms with van der Waals surface area (Å²) in [4.78, 5) is 11.6. The Hall–Kier alpha value is -1.51. The van der Waals surface area contributed by atoms with E-state index >= 15 is 0 Å². The highest BCUT2D eigenvalue weighted by Gasteiger charge is 2.12. The fourth-order valence-electron chi connectivity index (χ4n) is 1.99. The summed E-state index contributed by atoms with van der Waals surface area (Å²) >= 11 is 3.30. The van der Waals surface area contributed by atoms with Crippen molar-refractivity contribution in [3.63, 3.8) is 0 Å². The Labute approximate surface area is 142 Å². The molecule has 1 aromatic carbocycles. The molecule has 0 aliphatic rings. The molecule has 0 saturated carbocycles. The monoisotopic (exact) mass is 402 g/mol. The van der Waals surface area contributed by atoms with E-state index in [-0.39, 0.29) is 17.0 Å². The van der Waals surface area contributed by atoms with Gasteiger partial charge in [-0.05, 0) is 59.1 Å². The Bertz CT molecular complexity index is 819. The largest absolute Gasteiger partial charge is 0.314 e. The molecule has 2 aromatic rings. The van der Waals surface area contributed by atoms with Gasteiger partial charge in [0.05, 0.1) is 4.90 Å². The third kappa shape index (κ3) is 5.26. The molecule has 2 rings (SSSR count). The van der Waals surface area contributed by atoms with E-state index in [0.29, 0.717) is 19.4 Å². The van der Waals surface area contributed by atoms with E-state index in [4.69, 9.17) is 0 Å². The fourth-order valence-corrected chi connectivity index (χ4v) is 3.44. The van der Waals surface area contributed by atoms with E-state index in [2.05, 4.69) is 20.7 Å². The Morgan fingerprint density at radius 1 is 1.09 bits per heavy atom. The number of hydrogen-bond acceptors (Lipinski definition) is 3. The molecule has 124 valence electrons. The van der Waals surface area contributed by atoms with Crippen LogP contribution in [0.15, 0.2) is 56.8 Å². The quantitative estimate of drug-likeness (QED) is 0.723. The molecule has 1 N–H and O–H groups in total. The van der Waals surface area contributed by atoms with Crippen LogP contribution in [-0.2, 0) is 16.6 Å². The van der Waals surface area contributed by atoms with E-state index in [1.54, 1.807) is 16.8 Å². The van der Waals surface area contributed by atoms with Crippen molar-refractivity contribution >= 4 is 26.0 Å². The summed E-state index contributed by atoms with van der Waals surface area (Å²) in [6.45, 7) is 0.763. The number of aryl methyl sites for hydroxylation is 1. The fraction of sp³-hybridized carbons (Fsp3) is 0.267. The van der Waals surface area contributed by atoms with Crippen molar-refractivity contribution in [3.05, 3.63) is 63.2 Å². The molecule has 0 aliphatic carbocycles. The van der Waals surface area contributed by atoms with Gasteiger partial charge in [0.15, 0.2) is 0 Å². The van der Waals surface area contributed by atoms with Crippen LogP contribution in [0.5, 0.6) is 0 Å². The molecule has 0 fully saturated rings. The van der Waals surface area contributed by atoms with Crippen molar-refractivity contribution in [3.8, 4) is 0 Å². The summed E-state index contributed by atoms with van der Waals surface area (Å²) in [5, 5.41) is 0. The average Bonchev–Trinajstić information content (AvgIpc) is 2.50. The molecule has 0 amide bonds. The van der Waals surface area contributed by atoms with E-state index in [1.165, 1.54) is 18.2 Å². The van der Waals surface area contributed by atoms with Crippen LogP contribution in [0.1, 0.15) is 12.8 Å². The summed E-state index contributed by atoms with van der Waals surface area (Å²) in [5.41, 5.74) is -0.0971. The predicted molar refractivity (Wildman–Crippen MR) is 89.2 cm³/mol. The Balaban J connectivity index is 1.82. The van der Waals surface area contributed by atoms with E-state index in [0.717, 1.165) is 16.6 Å². The van der Waals surface area contributed by atoms with Crippen molar-refractivity contribution in [1.82, 2.24) is 9.29 Å². The molecular formula is C15H16BrFN2O3S. The smallest absolute Gasteiger partial charge is 0.250 e. The highest BCUT2D eigenvalue weighted by Crippen LogP contribution is 2.10. The van der Waals surface area contributed by atoms with Gasteiger partial charge in [-0.15, -0.1) is 0 Å². The van der Waals surface area contributed by atoms with Gasteiger partial charge in [0.1, 0.15) is 5.82 Å². The molecule has 0 bridgehead atoms. The van der Waals surface area contributed by atoms with Crippen LogP contribution in [-0.4, -0.2) is 19.5 Å². The first-order chi connectivity index (χ1) is 10.9. The molecular weight excluding hydrogens is 387 g/mol. The minimum Gasteiger partial charge on any atom is -0.314 e. The second-order valence-corrected chi connectivity index (χ2v) is 7.62. The lowest BCUT2D eigenvalue weighted by Gasteiger charge is -2.08. The van der Waals surface area contributed by atoms with Gasteiger partial charge in [-0.3, -0.25) is 4.79 Å². The number of hydrogen-bond donors (Lipinski definition) is 1. The first-order valence-corrected chi connectivity index (χ1v) is 9.27. The molecule has 5 nitrogen and oxygen atoms in total. The molecule has 23 heavy (non-hydrogen) atoms. The molecule has 0 radical (unpaired) electrons. The number of pyridine rings is 1. The highest BCUT2D eigenvalue weighted by atomic mass is 79.9. The summed E-state index contributed by atoms with van der Waals surface area (Å²) in [6, 6.07) is 7.80. The maximum atomic E-state index is 12.8. The third-order valence-electron chi connectivity index (χ3n) is 3.19. The van der Waals surface area contributed by atoms with Gasteiger partial charge in [-0.2, -0.15) is 0 Å². The average molecular weight is 403 g/mol. The molecule has 0 atom stereocenters. The van der Waals surface area contributed by atoms with E-state index < -0.39 is 15.8 Å². The molecule has 8 heteroatoms. The van der Waals surface area contributed by atoms with Crippen LogP contribution in [0.25, 0.3) is 0 Å². The lowest BCUT2D eigenvalue weighted by molar-refractivity contribution is 0.561. The van der Waals surface area contributed by atoms with Gasteiger partial charge in [0.25, 0.3) is 5.56 Å². The number of sulfonamides is 1. The number of nitrogens with zero attached hydrogens (tertiary/aromatic N) is 1. The second-order valence-electron chi connectivity index (χ2n) is 4.94. The standard InChI is InChI=1S/C15H16BrFN2O3S/c16-12-3-8-15(20)19(11-12)10-2-1-9-18-23(21,22)14-6-4-13(17)5-7-14/h3-8,11,18H,1-2,9-10H2. The Kier molecular flexibility index (Phi) is 6.09. The topological polar surface area (TPSA) is 68.2 Å². The molecule has 1 heterocycles. The van der Waals surface area contributed by atoms with Crippen LogP contribution < -0.4 is 10.3 Å². The number of unbranched alkanes of at least 4 members (excludes halogenated alkanes) is 1. The van der Waals surface area contributed by atoms with Gasteiger partial charge in [0.2, 0.25) is 10.0 Å². The molecule has 0 unspecified atom stereocenters. The second kappa shape index (κ2) is 7.85. The minimum absolute atomic E-state index is 0.0297. The zero-order chi connectivity index (χ0) is 16.9. The number of benzene rings is 1. The van der Waals surface area contributed by atoms with Crippen LogP contribution >= 0.6 is 15.9 Å². The van der Waals surface area contributed by atoms with Gasteiger partial charge in [-0.1, -0.05) is 0 Å². The summed E-state index contributed by atoms with van der Waals surface area (Å²) in [6.07, 6.45) is 2.94. The number of halogens is 2. The van der Waals surface area contributed by atoms with Crippen molar-refractivity contribution in [2.24, 2.45) is 0 Å². The van der Waals surface area contributed by atoms with E-state index in [9.17, 15) is 17.6 Å². The lowest BCUT2D eigenvalue weighted by Crippen LogP contribution is -2.25. The molecule has 0 aliphatic heterocycles. The third-order valence-corrected chi connectivity index (χ3v) is 5.14. The van der Waals surface area contributed by atoms with Gasteiger partial charge < -0.3 is 4.57 Å². The number of rotatable bonds is 7. The Morgan fingerprint density at radius 3 is 2.48 bits per heavy atom. The summed E-state index contributed by atoms with van der Waals surface area (Å²) in [5.74, 6) is -0.483. The first-order valence-electron chi connectivity index (χ1n) is 7.00. The maximum absolute atomic E-state index is 12.8. The predicted octanol–water partition coefficient (Wildman–Crippen LogP) is 2.51. The molecule has 0 saturated heterocycles. The van der Waals surface area contributed by atoms with Gasteiger partial charge in [-0.25, -0.2) is 17.5 Å². The number of aromatic nitrogens is 1. The highest BCUT2D eigenvalue weighted by molar-refractivity contribution is 9.10. The van der Waals surface area contributed by atoms with Crippen LogP contribution in [0.3, 0.4) is 0 Å². The lowest BCUT2D eigenvalue weighted by atomic mass is 10.3. The van der Waals surface area contributed by atoms with Crippen LogP contribution in [0.4, 0.5) is 4.39 Å². The van der Waals surface area contributed by atoms with Crippen LogP contribution in [0, 0.1) is 5.82 Å². The maximum Gasteiger partial charge on any atom is 0.250 e. The molecule has 0 spiro atoms. The normalized spacial score (nSPS) is 11.6. The molecule has 1 aromatic heterocycles. The van der Waals surface area contributed by atoms with Crippen molar-refractivity contribution < 1.29 is 12.8 Å². The number of nitrogens with one attached hydrogen (secondary N) is 1. The summed E-state index contributed by atoms with van der Waals surface area (Å²) in [7, 11) is -3.63. The van der Waals surface area contributed by atoms with Crippen LogP contribution in [0.2, 0.25) is 0 Å². The van der Waals surface area contributed by atoms with Gasteiger partial charge in [0, 0.05) is 29.8 Å². The zero-order valence-corrected chi connectivity index (χ0v) is 14.6. The van der Waals surface area contributed by atoms with Gasteiger partial charge >= 0.3 is 0 Å². The van der Waals surface area contributed by atoms with Crippen molar-refractivity contribution in [2.75, 3.05) is 6.54 Å². The van der Waals surface area contributed by atoms with Crippen molar-refractivity contribution in [1.29, 1.82) is 0 Å². The zero-order valence-electron chi connectivity index (χ0n) is 12.2. The first kappa shape index (κ1) is 17.8. The minimum atomic E-state index is -3.63. The van der Waals surface area contributed by atoms with Crippen molar-refractivity contribution in [2.45, 2.75) is 24.3 Å². The van der Waals surface area contributed by atoms with E-state index in [1.807, 2.05) is 0 Å².